The van der Waals surface area contributed by atoms with Crippen molar-refractivity contribution in [1.29, 1.82) is 0 Å². The minimum Gasteiger partial charge on any atom is -0.293 e. The summed E-state index contributed by atoms with van der Waals surface area (Å²) in [5, 5.41) is 12.6. The van der Waals surface area contributed by atoms with Gasteiger partial charge < -0.3 is 0 Å². The van der Waals surface area contributed by atoms with Gasteiger partial charge in [0.2, 0.25) is 11.9 Å². The highest BCUT2D eigenvalue weighted by atomic mass is 79.9. The van der Waals surface area contributed by atoms with Crippen molar-refractivity contribution in [3.8, 4) is 0 Å². The average molecular weight is 486 g/mol. The predicted octanol–water partition coefficient (Wildman–Crippen LogP) is 4.48. The van der Waals surface area contributed by atoms with Gasteiger partial charge in [-0.15, -0.1) is 5.10 Å². The molecule has 0 radical (unpaired) electrons. The smallest absolute Gasteiger partial charge is 0.248 e. The lowest BCUT2D eigenvalue weighted by molar-refractivity contribution is -0.119. The molecule has 0 saturated carbocycles. The highest BCUT2D eigenvalue weighted by molar-refractivity contribution is 9.10. The van der Waals surface area contributed by atoms with E-state index in [9.17, 15) is 4.79 Å². The SMILES string of the molecule is Cc1nn(CC(C)C(=O)Nc2ncn(Cc3c(Cl)cccc3Cl)n2)c(C)c1Br. The summed E-state index contributed by atoms with van der Waals surface area (Å²) in [6.45, 7) is 6.52. The van der Waals surface area contributed by atoms with E-state index in [1.54, 1.807) is 22.9 Å². The number of aromatic nitrogens is 5. The van der Waals surface area contributed by atoms with Crippen LogP contribution in [0.15, 0.2) is 29.0 Å². The molecule has 0 bridgehead atoms. The van der Waals surface area contributed by atoms with Crippen LogP contribution in [0.25, 0.3) is 0 Å². The van der Waals surface area contributed by atoms with Crippen molar-refractivity contribution in [2.24, 2.45) is 5.92 Å². The summed E-state index contributed by atoms with van der Waals surface area (Å²) in [4.78, 5) is 16.6. The van der Waals surface area contributed by atoms with E-state index in [-0.39, 0.29) is 17.8 Å². The summed E-state index contributed by atoms with van der Waals surface area (Å²) < 4.78 is 4.35. The topological polar surface area (TPSA) is 77.6 Å². The number of amides is 1. The third-order valence-corrected chi connectivity index (χ3v) is 6.20. The second-order valence-corrected chi connectivity index (χ2v) is 8.13. The molecule has 3 rings (SSSR count). The van der Waals surface area contributed by atoms with Gasteiger partial charge in [0.05, 0.1) is 29.2 Å². The molecule has 10 heteroatoms. The van der Waals surface area contributed by atoms with Crippen molar-refractivity contribution in [2.75, 3.05) is 5.32 Å². The van der Waals surface area contributed by atoms with Gasteiger partial charge in [-0.3, -0.25) is 14.8 Å². The molecule has 1 aromatic carbocycles. The Balaban J connectivity index is 1.64. The van der Waals surface area contributed by atoms with Crippen LogP contribution in [0.5, 0.6) is 0 Å². The van der Waals surface area contributed by atoms with Gasteiger partial charge in [-0.2, -0.15) is 5.10 Å². The lowest BCUT2D eigenvalue weighted by atomic mass is 10.1. The van der Waals surface area contributed by atoms with E-state index >= 15 is 0 Å². The Morgan fingerprint density at radius 2 is 1.93 bits per heavy atom. The molecule has 2 aromatic heterocycles. The minimum atomic E-state index is -0.310. The van der Waals surface area contributed by atoms with Crippen molar-refractivity contribution >= 4 is 51.0 Å². The van der Waals surface area contributed by atoms with Gasteiger partial charge in [-0.05, 0) is 41.9 Å². The fraction of sp³-hybridized carbons (Fsp3) is 0.333. The average Bonchev–Trinajstić information content (AvgIpc) is 3.18. The van der Waals surface area contributed by atoms with Crippen LogP contribution in [0.1, 0.15) is 23.9 Å². The largest absolute Gasteiger partial charge is 0.293 e. The number of aryl methyl sites for hydroxylation is 1. The van der Waals surface area contributed by atoms with Crippen molar-refractivity contribution in [2.45, 2.75) is 33.9 Å². The Bertz CT molecular complexity index is 995. The van der Waals surface area contributed by atoms with E-state index in [1.165, 1.54) is 6.33 Å². The predicted molar refractivity (Wildman–Crippen MR) is 113 cm³/mol. The second kappa shape index (κ2) is 8.63. The third kappa shape index (κ3) is 4.56. The second-order valence-electron chi connectivity index (χ2n) is 6.52. The van der Waals surface area contributed by atoms with Crippen LogP contribution >= 0.6 is 39.1 Å². The Morgan fingerprint density at radius 1 is 1.25 bits per heavy atom. The lowest BCUT2D eigenvalue weighted by Crippen LogP contribution is -2.26. The molecule has 0 aliphatic rings. The van der Waals surface area contributed by atoms with Crippen molar-refractivity contribution in [3.05, 3.63) is 56.0 Å². The maximum Gasteiger partial charge on any atom is 0.248 e. The van der Waals surface area contributed by atoms with Crippen molar-refractivity contribution in [1.82, 2.24) is 24.5 Å². The molecule has 0 aliphatic heterocycles. The van der Waals surface area contributed by atoms with Crippen LogP contribution < -0.4 is 5.32 Å². The quantitative estimate of drug-likeness (QED) is 0.558. The molecule has 1 atom stereocenters. The zero-order valence-corrected chi connectivity index (χ0v) is 18.7. The summed E-state index contributed by atoms with van der Waals surface area (Å²) in [5.41, 5.74) is 2.62. The molecule has 0 spiro atoms. The van der Waals surface area contributed by atoms with Gasteiger partial charge in [0.1, 0.15) is 6.33 Å². The molecular weight excluding hydrogens is 467 g/mol. The number of benzene rings is 1. The Hall–Kier alpha value is -1.90. The molecule has 3 aromatic rings. The number of anilines is 1. The highest BCUT2D eigenvalue weighted by Gasteiger charge is 2.19. The standard InChI is InChI=1S/C18H19BrCl2N6O/c1-10(7-27-12(3)16(19)11(2)24-27)17(28)23-18-22-9-26(25-18)8-13-14(20)5-4-6-15(13)21/h4-6,9-10H,7-8H2,1-3H3,(H,23,25,28). The molecule has 0 fully saturated rings. The number of carbonyl (C=O) groups excluding carboxylic acids is 1. The van der Waals surface area contributed by atoms with E-state index in [1.807, 2.05) is 25.5 Å². The fourth-order valence-corrected chi connectivity index (χ4v) is 3.50. The molecule has 148 valence electrons. The van der Waals surface area contributed by atoms with Crippen LogP contribution in [0.4, 0.5) is 5.95 Å². The first-order chi connectivity index (χ1) is 13.3. The van der Waals surface area contributed by atoms with Crippen molar-refractivity contribution < 1.29 is 4.79 Å². The van der Waals surface area contributed by atoms with Gasteiger partial charge in [-0.25, -0.2) is 9.67 Å². The van der Waals surface area contributed by atoms with E-state index < -0.39 is 0 Å². The highest BCUT2D eigenvalue weighted by Crippen LogP contribution is 2.25. The maximum atomic E-state index is 12.5. The molecule has 1 unspecified atom stereocenters. The monoisotopic (exact) mass is 484 g/mol. The molecule has 2 heterocycles. The molecular formula is C18H19BrCl2N6O. The van der Waals surface area contributed by atoms with Gasteiger partial charge in [0, 0.05) is 21.3 Å². The molecule has 1 amide bonds. The number of nitrogens with zero attached hydrogens (tertiary/aromatic N) is 5. The van der Waals surface area contributed by atoms with Gasteiger partial charge in [0.15, 0.2) is 0 Å². The lowest BCUT2D eigenvalue weighted by Gasteiger charge is -2.12. The number of nitrogens with one attached hydrogen (secondary N) is 1. The summed E-state index contributed by atoms with van der Waals surface area (Å²) in [7, 11) is 0. The van der Waals surface area contributed by atoms with Gasteiger partial charge >= 0.3 is 0 Å². The first-order valence-electron chi connectivity index (χ1n) is 8.59. The van der Waals surface area contributed by atoms with E-state index in [0.717, 1.165) is 21.4 Å². The number of rotatable bonds is 6. The zero-order chi connectivity index (χ0) is 20.4. The van der Waals surface area contributed by atoms with Crippen LogP contribution in [0.2, 0.25) is 10.0 Å². The molecule has 7 nitrogen and oxygen atoms in total. The maximum absolute atomic E-state index is 12.5. The normalized spacial score (nSPS) is 12.2. The van der Waals surface area contributed by atoms with E-state index in [4.69, 9.17) is 23.2 Å². The molecule has 28 heavy (non-hydrogen) atoms. The minimum absolute atomic E-state index is 0.183. The molecule has 0 saturated heterocycles. The molecule has 0 aliphatic carbocycles. The number of hydrogen-bond donors (Lipinski definition) is 1. The Kier molecular flexibility index (Phi) is 6.42. The summed E-state index contributed by atoms with van der Waals surface area (Å²) >= 11 is 15.9. The first kappa shape index (κ1) is 20.8. The van der Waals surface area contributed by atoms with E-state index in [2.05, 4.69) is 36.4 Å². The third-order valence-electron chi connectivity index (χ3n) is 4.34. The number of hydrogen-bond acceptors (Lipinski definition) is 4. The first-order valence-corrected chi connectivity index (χ1v) is 10.1. The van der Waals surface area contributed by atoms with Crippen LogP contribution in [0.3, 0.4) is 0 Å². The Labute approximate surface area is 181 Å². The van der Waals surface area contributed by atoms with E-state index in [0.29, 0.717) is 23.1 Å². The summed E-state index contributed by atoms with van der Waals surface area (Å²) in [5.74, 6) is -0.262. The van der Waals surface area contributed by atoms with Crippen LogP contribution in [0, 0.1) is 19.8 Å². The zero-order valence-electron chi connectivity index (χ0n) is 15.6. The number of carbonyl (C=O) groups is 1. The summed E-state index contributed by atoms with van der Waals surface area (Å²) in [6.07, 6.45) is 1.53. The summed E-state index contributed by atoms with van der Waals surface area (Å²) in [6, 6.07) is 5.31. The molecule has 1 N–H and O–H groups in total. The Morgan fingerprint density at radius 3 is 2.54 bits per heavy atom. The van der Waals surface area contributed by atoms with Crippen molar-refractivity contribution in [3.63, 3.8) is 0 Å². The fourth-order valence-electron chi connectivity index (χ4n) is 2.70. The van der Waals surface area contributed by atoms with Crippen LogP contribution in [-0.2, 0) is 17.9 Å². The van der Waals surface area contributed by atoms with Crippen LogP contribution in [-0.4, -0.2) is 30.5 Å². The van der Waals surface area contributed by atoms with Gasteiger partial charge in [0.25, 0.3) is 0 Å². The number of halogens is 3. The van der Waals surface area contributed by atoms with Gasteiger partial charge in [-0.1, -0.05) is 36.2 Å².